The second kappa shape index (κ2) is 8.27. The first-order valence-corrected chi connectivity index (χ1v) is 7.85. The largest absolute Gasteiger partial charge is 0.505 e. The predicted molar refractivity (Wildman–Crippen MR) is 86.0 cm³/mol. The number of para-hydroxylation sites is 1. The number of anilines is 1. The van der Waals surface area contributed by atoms with Gasteiger partial charge in [0.15, 0.2) is 5.78 Å². The number of cyclic esters (lactones) is 2. The molecule has 1 fully saturated rings. The number of carbonyl (C=O) groups excluding carboxylic acids is 4. The van der Waals surface area contributed by atoms with Crippen LogP contribution >= 0.6 is 0 Å². The van der Waals surface area contributed by atoms with E-state index in [0.717, 1.165) is 0 Å². The van der Waals surface area contributed by atoms with E-state index in [2.05, 4.69) is 5.32 Å². The minimum atomic E-state index is -0.975. The fourth-order valence-electron chi connectivity index (χ4n) is 2.54. The van der Waals surface area contributed by atoms with Crippen molar-refractivity contribution in [3.05, 3.63) is 23.8 Å². The van der Waals surface area contributed by atoms with Crippen LogP contribution in [0.1, 0.15) is 36.5 Å². The fraction of sp³-hybridized carbons (Fsp3) is 0.412. The van der Waals surface area contributed by atoms with Gasteiger partial charge in [-0.1, -0.05) is 6.07 Å². The highest BCUT2D eigenvalue weighted by atomic mass is 16.6. The van der Waals surface area contributed by atoms with Gasteiger partial charge in [0.1, 0.15) is 17.8 Å². The number of esters is 2. The highest BCUT2D eigenvalue weighted by Crippen LogP contribution is 2.30. The van der Waals surface area contributed by atoms with Crippen molar-refractivity contribution in [3.63, 3.8) is 0 Å². The van der Waals surface area contributed by atoms with Crippen LogP contribution in [0, 0.1) is 5.92 Å². The number of ether oxygens (including phenoxy) is 2. The normalized spacial score (nSPS) is 21.2. The number of Topliss-reactive ketones (excluding diaryl/α,β-unsaturated/α-hetero) is 1. The van der Waals surface area contributed by atoms with Crippen molar-refractivity contribution in [2.75, 3.05) is 11.9 Å². The zero-order chi connectivity index (χ0) is 18.4. The van der Waals surface area contributed by atoms with E-state index in [0.29, 0.717) is 12.8 Å². The Morgan fingerprint density at radius 3 is 2.88 bits per heavy atom. The summed E-state index contributed by atoms with van der Waals surface area (Å²) in [5.41, 5.74) is 0.0374. The molecule has 0 aromatic heterocycles. The molecule has 2 N–H and O–H groups in total. The zero-order valence-corrected chi connectivity index (χ0v) is 13.7. The van der Waals surface area contributed by atoms with E-state index in [9.17, 15) is 24.3 Å². The van der Waals surface area contributed by atoms with E-state index in [-0.39, 0.29) is 36.4 Å². The Bertz CT molecular complexity index is 686. The summed E-state index contributed by atoms with van der Waals surface area (Å²) in [4.78, 5) is 46.8. The van der Waals surface area contributed by atoms with Crippen LogP contribution in [0.4, 0.5) is 5.69 Å². The van der Waals surface area contributed by atoms with E-state index in [1.807, 2.05) is 0 Å². The number of phenolic OH excluding ortho intramolecular Hbond substituents is 1. The number of hydrogen-bond donors (Lipinski definition) is 2. The molecule has 25 heavy (non-hydrogen) atoms. The van der Waals surface area contributed by atoms with Gasteiger partial charge in [0.2, 0.25) is 6.41 Å². The number of nitrogens with one attached hydrogen (secondary N) is 1. The molecule has 1 aromatic carbocycles. The van der Waals surface area contributed by atoms with E-state index in [4.69, 9.17) is 9.47 Å². The average Bonchev–Trinajstić information content (AvgIpc) is 2.62. The molecule has 1 aromatic rings. The lowest BCUT2D eigenvalue weighted by Gasteiger charge is -2.21. The Kier molecular flexibility index (Phi) is 6.10. The first kappa shape index (κ1) is 18.4. The maximum atomic E-state index is 12.5. The first-order valence-electron chi connectivity index (χ1n) is 7.85. The molecule has 2 rings (SSSR count). The van der Waals surface area contributed by atoms with Gasteiger partial charge in [-0.25, -0.2) is 0 Å². The van der Waals surface area contributed by atoms with Gasteiger partial charge in [0.25, 0.3) is 0 Å². The van der Waals surface area contributed by atoms with Crippen molar-refractivity contribution < 1.29 is 33.8 Å². The third-order valence-corrected chi connectivity index (χ3v) is 3.91. The summed E-state index contributed by atoms with van der Waals surface area (Å²) in [7, 11) is 0. The SMILES string of the molecule is C[C@H]1OC(=O)CCCOC(=O)[C@H]1CC(=O)c1cccc(NC=O)c1O. The number of phenols is 1. The predicted octanol–water partition coefficient (Wildman–Crippen LogP) is 1.42. The molecule has 1 aliphatic rings. The van der Waals surface area contributed by atoms with Crippen LogP contribution in [0.2, 0.25) is 0 Å². The molecule has 0 radical (unpaired) electrons. The Labute approximate surface area is 144 Å². The van der Waals surface area contributed by atoms with Crippen molar-refractivity contribution in [1.29, 1.82) is 0 Å². The van der Waals surface area contributed by atoms with E-state index in [1.165, 1.54) is 25.1 Å². The van der Waals surface area contributed by atoms with Crippen molar-refractivity contribution in [3.8, 4) is 5.75 Å². The van der Waals surface area contributed by atoms with Crippen molar-refractivity contribution in [2.45, 2.75) is 32.3 Å². The quantitative estimate of drug-likeness (QED) is 0.357. The van der Waals surface area contributed by atoms with Crippen LogP contribution in [0.15, 0.2) is 18.2 Å². The summed E-state index contributed by atoms with van der Waals surface area (Å²) in [5.74, 6) is -2.98. The Hall–Kier alpha value is -2.90. The Balaban J connectivity index is 2.21. The van der Waals surface area contributed by atoms with Gasteiger partial charge < -0.3 is 19.9 Å². The Morgan fingerprint density at radius 1 is 1.40 bits per heavy atom. The van der Waals surface area contributed by atoms with Gasteiger partial charge in [-0.3, -0.25) is 19.2 Å². The number of benzene rings is 1. The minimum absolute atomic E-state index is 0.0435. The summed E-state index contributed by atoms with van der Waals surface area (Å²) in [6.07, 6.45) is -0.261. The average molecular weight is 349 g/mol. The topological polar surface area (TPSA) is 119 Å². The number of rotatable bonds is 5. The second-order valence-electron chi connectivity index (χ2n) is 5.66. The van der Waals surface area contributed by atoms with E-state index >= 15 is 0 Å². The molecule has 1 saturated heterocycles. The molecule has 134 valence electrons. The molecule has 0 unspecified atom stereocenters. The van der Waals surface area contributed by atoms with Crippen molar-refractivity contribution >= 4 is 29.8 Å². The third kappa shape index (κ3) is 4.56. The number of ketones is 1. The number of amides is 1. The molecule has 0 saturated carbocycles. The summed E-state index contributed by atoms with van der Waals surface area (Å²) in [5, 5.41) is 12.4. The molecule has 0 spiro atoms. The highest BCUT2D eigenvalue weighted by Gasteiger charge is 2.33. The summed E-state index contributed by atoms with van der Waals surface area (Å²) in [6, 6.07) is 4.30. The van der Waals surface area contributed by atoms with Gasteiger partial charge in [0.05, 0.1) is 17.9 Å². The molecular formula is C17H19NO7. The molecule has 2 atom stereocenters. The molecule has 0 aliphatic carbocycles. The number of hydrogen-bond acceptors (Lipinski definition) is 7. The standard InChI is InChI=1S/C17H19NO7/c1-10-12(17(23)24-7-3-6-15(21)25-10)8-14(20)11-4-2-5-13(16(11)22)18-9-19/h2,4-5,9-10,12,22H,3,6-8H2,1H3,(H,18,19)/t10-,12+/m1/s1. The number of carbonyl (C=O) groups is 4. The first-order chi connectivity index (χ1) is 11.9. The maximum Gasteiger partial charge on any atom is 0.313 e. The van der Waals surface area contributed by atoms with Gasteiger partial charge in [0, 0.05) is 12.8 Å². The van der Waals surface area contributed by atoms with E-state index in [1.54, 1.807) is 0 Å². The van der Waals surface area contributed by atoms with Gasteiger partial charge in [-0.05, 0) is 25.5 Å². The van der Waals surface area contributed by atoms with Crippen LogP contribution in [0.25, 0.3) is 0 Å². The molecule has 8 heteroatoms. The summed E-state index contributed by atoms with van der Waals surface area (Å²) < 4.78 is 10.2. The van der Waals surface area contributed by atoms with Crippen LogP contribution in [-0.2, 0) is 23.9 Å². The van der Waals surface area contributed by atoms with Gasteiger partial charge >= 0.3 is 11.9 Å². The van der Waals surface area contributed by atoms with E-state index < -0.39 is 29.7 Å². The van der Waals surface area contributed by atoms with Crippen molar-refractivity contribution in [2.24, 2.45) is 5.92 Å². The molecule has 0 bridgehead atoms. The van der Waals surface area contributed by atoms with Crippen LogP contribution in [-0.4, -0.2) is 41.9 Å². The lowest BCUT2D eigenvalue weighted by Crippen LogP contribution is -2.32. The molecular weight excluding hydrogens is 330 g/mol. The lowest BCUT2D eigenvalue weighted by molar-refractivity contribution is -0.157. The zero-order valence-electron chi connectivity index (χ0n) is 13.7. The molecule has 1 amide bonds. The van der Waals surface area contributed by atoms with Crippen LogP contribution in [0.3, 0.4) is 0 Å². The van der Waals surface area contributed by atoms with Crippen LogP contribution in [0.5, 0.6) is 5.75 Å². The highest BCUT2D eigenvalue weighted by molar-refractivity contribution is 6.02. The summed E-state index contributed by atoms with van der Waals surface area (Å²) in [6.45, 7) is 1.60. The van der Waals surface area contributed by atoms with Gasteiger partial charge in [-0.15, -0.1) is 0 Å². The lowest BCUT2D eigenvalue weighted by atomic mass is 9.93. The minimum Gasteiger partial charge on any atom is -0.505 e. The second-order valence-corrected chi connectivity index (χ2v) is 5.66. The third-order valence-electron chi connectivity index (χ3n) is 3.91. The molecule has 8 nitrogen and oxygen atoms in total. The monoisotopic (exact) mass is 349 g/mol. The maximum absolute atomic E-state index is 12.5. The smallest absolute Gasteiger partial charge is 0.313 e. The van der Waals surface area contributed by atoms with Crippen LogP contribution < -0.4 is 5.32 Å². The number of aromatic hydroxyl groups is 1. The molecule has 1 aliphatic heterocycles. The Morgan fingerprint density at radius 2 is 2.16 bits per heavy atom. The molecule has 1 heterocycles. The fourth-order valence-corrected chi connectivity index (χ4v) is 2.54. The van der Waals surface area contributed by atoms with Crippen molar-refractivity contribution in [1.82, 2.24) is 0 Å². The van der Waals surface area contributed by atoms with Gasteiger partial charge in [-0.2, -0.15) is 0 Å². The summed E-state index contributed by atoms with van der Waals surface area (Å²) >= 11 is 0.